The van der Waals surface area contributed by atoms with Crippen molar-refractivity contribution < 1.29 is 4.74 Å². The molecule has 0 saturated heterocycles. The highest BCUT2D eigenvalue weighted by Gasteiger charge is 2.16. The fourth-order valence-corrected chi connectivity index (χ4v) is 2.47. The number of H-pyrrole nitrogens is 1. The molecular weight excluding hydrogens is 266 g/mol. The molecule has 5 heteroatoms. The lowest BCUT2D eigenvalue weighted by atomic mass is 10.1. The van der Waals surface area contributed by atoms with E-state index in [1.807, 2.05) is 37.3 Å². The van der Waals surface area contributed by atoms with Crippen LogP contribution in [0, 0.1) is 0 Å². The number of fused-ring (bicyclic) bond motifs is 1. The SMILES string of the molecule is CCc1cc(=O)n2[nH]c(COC)c(-c3ccccc3)c2n1. The summed E-state index contributed by atoms with van der Waals surface area (Å²) >= 11 is 0. The normalized spacial score (nSPS) is 11.1. The summed E-state index contributed by atoms with van der Waals surface area (Å²) < 4.78 is 6.72. The lowest BCUT2D eigenvalue weighted by molar-refractivity contribution is 0.181. The Labute approximate surface area is 122 Å². The second-order valence-corrected chi connectivity index (χ2v) is 4.86. The fourth-order valence-electron chi connectivity index (χ4n) is 2.47. The predicted molar refractivity (Wildman–Crippen MR) is 81.3 cm³/mol. The summed E-state index contributed by atoms with van der Waals surface area (Å²) in [6.07, 6.45) is 0.727. The molecule has 2 heterocycles. The Hall–Kier alpha value is -2.40. The summed E-state index contributed by atoms with van der Waals surface area (Å²) in [5.74, 6) is 0. The van der Waals surface area contributed by atoms with Gasteiger partial charge < -0.3 is 4.74 Å². The van der Waals surface area contributed by atoms with Crippen LogP contribution in [0.1, 0.15) is 18.3 Å². The maximum Gasteiger partial charge on any atom is 0.272 e. The van der Waals surface area contributed by atoms with E-state index in [-0.39, 0.29) is 5.56 Å². The smallest absolute Gasteiger partial charge is 0.272 e. The first kappa shape index (κ1) is 13.6. The quantitative estimate of drug-likeness (QED) is 0.800. The molecule has 0 saturated carbocycles. The molecule has 0 aliphatic carbocycles. The van der Waals surface area contributed by atoms with Crippen molar-refractivity contribution >= 4 is 5.65 Å². The number of aromatic amines is 1. The maximum absolute atomic E-state index is 12.2. The summed E-state index contributed by atoms with van der Waals surface area (Å²) in [6.45, 7) is 2.39. The van der Waals surface area contributed by atoms with Gasteiger partial charge in [0, 0.05) is 24.4 Å². The number of aryl methyl sites for hydroxylation is 1. The molecule has 0 fully saturated rings. The average molecular weight is 283 g/mol. The van der Waals surface area contributed by atoms with Gasteiger partial charge in [-0.3, -0.25) is 9.89 Å². The van der Waals surface area contributed by atoms with Gasteiger partial charge in [0.05, 0.1) is 12.3 Å². The predicted octanol–water partition coefficient (Wildman–Crippen LogP) is 2.40. The standard InChI is InChI=1S/C16H17N3O2/c1-3-12-9-14(20)19-16(17-12)15(13(18-19)10-21-2)11-7-5-4-6-8-11/h4-9,18H,3,10H2,1-2H3. The second kappa shape index (κ2) is 5.54. The van der Waals surface area contributed by atoms with Crippen molar-refractivity contribution in [3.8, 4) is 11.1 Å². The summed E-state index contributed by atoms with van der Waals surface area (Å²) in [4.78, 5) is 16.8. The second-order valence-electron chi connectivity index (χ2n) is 4.86. The van der Waals surface area contributed by atoms with Crippen LogP contribution in [-0.4, -0.2) is 21.7 Å². The number of benzene rings is 1. The number of hydrogen-bond donors (Lipinski definition) is 1. The molecule has 108 valence electrons. The third kappa shape index (κ3) is 2.36. The molecule has 21 heavy (non-hydrogen) atoms. The van der Waals surface area contributed by atoms with E-state index in [4.69, 9.17) is 4.74 Å². The Bertz CT molecular complexity index is 819. The van der Waals surface area contributed by atoms with Crippen LogP contribution in [0.2, 0.25) is 0 Å². The number of hydrogen-bond acceptors (Lipinski definition) is 3. The van der Waals surface area contributed by atoms with Gasteiger partial charge >= 0.3 is 0 Å². The van der Waals surface area contributed by atoms with Crippen molar-refractivity contribution in [1.82, 2.24) is 14.6 Å². The molecule has 0 aliphatic rings. The van der Waals surface area contributed by atoms with E-state index in [1.54, 1.807) is 13.2 Å². The first-order chi connectivity index (χ1) is 10.2. The van der Waals surface area contributed by atoms with Crippen LogP contribution in [0.15, 0.2) is 41.2 Å². The van der Waals surface area contributed by atoms with E-state index in [0.717, 1.165) is 28.9 Å². The molecule has 2 aromatic heterocycles. The van der Waals surface area contributed by atoms with Crippen LogP contribution in [0.4, 0.5) is 0 Å². The highest BCUT2D eigenvalue weighted by atomic mass is 16.5. The average Bonchev–Trinajstić information content (AvgIpc) is 2.87. The van der Waals surface area contributed by atoms with Crippen LogP contribution in [0.25, 0.3) is 16.8 Å². The minimum absolute atomic E-state index is 0.101. The van der Waals surface area contributed by atoms with Crippen molar-refractivity contribution in [2.75, 3.05) is 7.11 Å². The Morgan fingerprint density at radius 1 is 1.29 bits per heavy atom. The van der Waals surface area contributed by atoms with Crippen molar-refractivity contribution in [1.29, 1.82) is 0 Å². The van der Waals surface area contributed by atoms with Gasteiger partial charge in [0.25, 0.3) is 5.56 Å². The van der Waals surface area contributed by atoms with Gasteiger partial charge in [-0.05, 0) is 12.0 Å². The highest BCUT2D eigenvalue weighted by Crippen LogP contribution is 2.27. The van der Waals surface area contributed by atoms with Gasteiger partial charge in [0.2, 0.25) is 0 Å². The van der Waals surface area contributed by atoms with E-state index >= 15 is 0 Å². The van der Waals surface area contributed by atoms with E-state index < -0.39 is 0 Å². The van der Waals surface area contributed by atoms with E-state index in [9.17, 15) is 4.79 Å². The molecule has 0 aliphatic heterocycles. The highest BCUT2D eigenvalue weighted by molar-refractivity contribution is 5.79. The Kier molecular flexibility index (Phi) is 3.58. The molecule has 0 spiro atoms. The molecule has 3 aromatic rings. The molecule has 0 unspecified atom stereocenters. The lowest BCUT2D eigenvalue weighted by Gasteiger charge is -2.03. The molecule has 1 aromatic carbocycles. The maximum atomic E-state index is 12.2. The number of nitrogens with zero attached hydrogens (tertiary/aromatic N) is 2. The van der Waals surface area contributed by atoms with Gasteiger partial charge in [-0.2, -0.15) is 0 Å². The molecular formula is C16H17N3O2. The largest absolute Gasteiger partial charge is 0.378 e. The Morgan fingerprint density at radius 2 is 2.05 bits per heavy atom. The summed E-state index contributed by atoms with van der Waals surface area (Å²) in [6, 6.07) is 11.5. The Balaban J connectivity index is 2.36. The molecule has 1 N–H and O–H groups in total. The van der Waals surface area contributed by atoms with Crippen LogP contribution >= 0.6 is 0 Å². The summed E-state index contributed by atoms with van der Waals surface area (Å²) in [5.41, 5.74) is 4.13. The van der Waals surface area contributed by atoms with Gasteiger partial charge in [-0.15, -0.1) is 0 Å². The topological polar surface area (TPSA) is 59.4 Å². The van der Waals surface area contributed by atoms with Gasteiger partial charge in [0.15, 0.2) is 5.65 Å². The Morgan fingerprint density at radius 3 is 2.71 bits per heavy atom. The van der Waals surface area contributed by atoms with Crippen LogP contribution in [-0.2, 0) is 17.8 Å². The van der Waals surface area contributed by atoms with Gasteiger partial charge in [-0.25, -0.2) is 9.50 Å². The first-order valence-electron chi connectivity index (χ1n) is 6.92. The van der Waals surface area contributed by atoms with Crippen molar-refractivity contribution in [2.24, 2.45) is 0 Å². The molecule has 5 nitrogen and oxygen atoms in total. The van der Waals surface area contributed by atoms with Crippen LogP contribution in [0.5, 0.6) is 0 Å². The zero-order chi connectivity index (χ0) is 14.8. The number of methoxy groups -OCH3 is 1. The van der Waals surface area contributed by atoms with Gasteiger partial charge in [0.1, 0.15) is 0 Å². The molecule has 0 bridgehead atoms. The van der Waals surface area contributed by atoms with Crippen LogP contribution < -0.4 is 5.56 Å². The monoisotopic (exact) mass is 283 g/mol. The van der Waals surface area contributed by atoms with E-state index in [0.29, 0.717) is 12.3 Å². The first-order valence-corrected chi connectivity index (χ1v) is 6.92. The van der Waals surface area contributed by atoms with Crippen molar-refractivity contribution in [3.05, 3.63) is 58.1 Å². The molecule has 0 amide bonds. The van der Waals surface area contributed by atoms with Crippen LogP contribution in [0.3, 0.4) is 0 Å². The number of rotatable bonds is 4. The number of nitrogens with one attached hydrogen (secondary N) is 1. The number of ether oxygens (including phenoxy) is 1. The third-order valence-corrected chi connectivity index (χ3v) is 3.46. The van der Waals surface area contributed by atoms with Gasteiger partial charge in [-0.1, -0.05) is 37.3 Å². The minimum atomic E-state index is -0.101. The summed E-state index contributed by atoms with van der Waals surface area (Å²) in [5, 5.41) is 3.10. The van der Waals surface area contributed by atoms with E-state index in [1.165, 1.54) is 4.52 Å². The minimum Gasteiger partial charge on any atom is -0.378 e. The zero-order valence-corrected chi connectivity index (χ0v) is 12.1. The molecule has 0 radical (unpaired) electrons. The van der Waals surface area contributed by atoms with Crippen molar-refractivity contribution in [2.45, 2.75) is 20.0 Å². The molecule has 0 atom stereocenters. The summed E-state index contributed by atoms with van der Waals surface area (Å²) in [7, 11) is 1.63. The lowest BCUT2D eigenvalue weighted by Crippen LogP contribution is -2.15. The van der Waals surface area contributed by atoms with Crippen molar-refractivity contribution in [3.63, 3.8) is 0 Å². The van der Waals surface area contributed by atoms with E-state index in [2.05, 4.69) is 10.1 Å². The zero-order valence-electron chi connectivity index (χ0n) is 12.1. The third-order valence-electron chi connectivity index (χ3n) is 3.46. The fraction of sp³-hybridized carbons (Fsp3) is 0.250. The molecule has 3 rings (SSSR count). The number of aromatic nitrogens is 3.